The molecule has 2 saturated carbocycles. The van der Waals surface area contributed by atoms with Gasteiger partial charge in [-0.05, 0) is 139 Å². The molecule has 2 aliphatic rings. The van der Waals surface area contributed by atoms with Crippen molar-refractivity contribution in [1.82, 2.24) is 0 Å². The molecular weight excluding hydrogens is 677 g/mol. The molecule has 4 aromatic rings. The molecule has 6 rings (SSSR count). The van der Waals surface area contributed by atoms with E-state index in [9.17, 15) is 0 Å². The van der Waals surface area contributed by atoms with Crippen LogP contribution in [0.2, 0.25) is 0 Å². The third kappa shape index (κ3) is 8.80. The van der Waals surface area contributed by atoms with Gasteiger partial charge in [0.05, 0.1) is 0 Å². The number of ether oxygens (including phenoxy) is 4. The van der Waals surface area contributed by atoms with E-state index in [0.29, 0.717) is 38.3 Å². The highest BCUT2D eigenvalue weighted by Crippen LogP contribution is 2.57. The van der Waals surface area contributed by atoms with Gasteiger partial charge in [-0.2, -0.15) is 0 Å². The van der Waals surface area contributed by atoms with Gasteiger partial charge in [-0.15, -0.1) is 0 Å². The molecule has 0 heterocycles. The van der Waals surface area contributed by atoms with Gasteiger partial charge >= 0.3 is 0 Å². The summed E-state index contributed by atoms with van der Waals surface area (Å²) in [5, 5.41) is 0. The molecule has 2 aliphatic carbocycles. The Balaban J connectivity index is 1.22. The molecule has 0 bridgehead atoms. The Kier molecular flexibility index (Phi) is 13.1. The topological polar surface area (TPSA) is 36.9 Å². The zero-order valence-corrected chi connectivity index (χ0v) is 33.1. The molecule has 0 N–H and O–H groups in total. The third-order valence-electron chi connectivity index (χ3n) is 12.9. The molecule has 0 unspecified atom stereocenters. The summed E-state index contributed by atoms with van der Waals surface area (Å²) in [7, 11) is 0. The molecule has 0 radical (unpaired) electrons. The van der Waals surface area contributed by atoms with Crippen LogP contribution < -0.4 is 18.9 Å². The molecule has 0 spiro atoms. The normalized spacial score (nSPS) is 17.1. The van der Waals surface area contributed by atoms with Crippen molar-refractivity contribution >= 4 is 0 Å². The molecule has 0 aliphatic heterocycles. The average Bonchev–Trinajstić information content (AvgIpc) is 3.24. The van der Waals surface area contributed by atoms with Crippen molar-refractivity contribution < 1.29 is 18.9 Å². The Morgan fingerprint density at radius 1 is 0.436 bits per heavy atom. The maximum Gasteiger partial charge on any atom is 0.119 e. The van der Waals surface area contributed by atoms with Crippen LogP contribution >= 0.6 is 0 Å². The van der Waals surface area contributed by atoms with E-state index in [1.165, 1.54) is 47.9 Å². The Hall–Kier alpha value is -4.96. The Morgan fingerprint density at radius 3 is 0.855 bits per heavy atom. The van der Waals surface area contributed by atoms with Gasteiger partial charge in [0, 0.05) is 10.8 Å². The van der Waals surface area contributed by atoms with Crippen LogP contribution in [0.3, 0.4) is 0 Å². The van der Waals surface area contributed by atoms with Gasteiger partial charge in [0.1, 0.15) is 49.4 Å². The van der Waals surface area contributed by atoms with Gasteiger partial charge in [0.15, 0.2) is 0 Å². The van der Waals surface area contributed by atoms with Gasteiger partial charge in [0.25, 0.3) is 0 Å². The SMILES string of the molecule is C=CCOc1ccc(C2(c3ccc(OCC=C)cc3)CCC(C(C)(C)C3CCC(c4ccc(OCC=C)cc4)(c4ccc(OCC=C)cc4)CC3)CC2)cc1. The summed E-state index contributed by atoms with van der Waals surface area (Å²) in [5.74, 6) is 4.80. The molecule has 0 aromatic heterocycles. The fourth-order valence-electron chi connectivity index (χ4n) is 9.63. The predicted octanol–water partition coefficient (Wildman–Crippen LogP) is 12.6. The standard InChI is InChI=1S/C51H60O4/c1-7-35-52-45-19-11-41(12-20-45)50(42-13-21-46(22-14-42)53-36-8-2)31-27-39(28-32-50)49(5,6)40-29-33-51(34-30-40,43-15-23-47(24-16-43)54-37-9-3)44-17-25-48(26-18-44)55-38-10-4/h7-26,39-40H,1-4,27-38H2,5-6H3. The van der Waals surface area contributed by atoms with E-state index in [1.807, 2.05) is 0 Å². The second-order valence-corrected chi connectivity index (χ2v) is 16.0. The molecule has 4 heteroatoms. The Bertz CT molecular complexity index is 1580. The smallest absolute Gasteiger partial charge is 0.119 e. The Labute approximate surface area is 330 Å². The second-order valence-electron chi connectivity index (χ2n) is 16.0. The summed E-state index contributed by atoms with van der Waals surface area (Å²) in [6.45, 7) is 22.4. The zero-order chi connectivity index (χ0) is 38.7. The van der Waals surface area contributed by atoms with Gasteiger partial charge in [-0.25, -0.2) is 0 Å². The first-order valence-electron chi connectivity index (χ1n) is 20.1. The number of hydrogen-bond donors (Lipinski definition) is 0. The van der Waals surface area contributed by atoms with Crippen molar-refractivity contribution in [3.63, 3.8) is 0 Å². The molecule has 0 saturated heterocycles. The highest BCUT2D eigenvalue weighted by atomic mass is 16.5. The minimum atomic E-state index is -0.0642. The predicted molar refractivity (Wildman–Crippen MR) is 228 cm³/mol. The summed E-state index contributed by atoms with van der Waals surface area (Å²) in [6, 6.07) is 35.2. The van der Waals surface area contributed by atoms with E-state index in [-0.39, 0.29) is 16.2 Å². The van der Waals surface area contributed by atoms with Crippen molar-refractivity contribution in [3.05, 3.63) is 170 Å². The Morgan fingerprint density at radius 2 is 0.655 bits per heavy atom. The van der Waals surface area contributed by atoms with E-state index in [1.54, 1.807) is 24.3 Å². The lowest BCUT2D eigenvalue weighted by Crippen LogP contribution is -2.43. The number of rotatable bonds is 18. The summed E-state index contributed by atoms with van der Waals surface area (Å²) in [6.07, 6.45) is 16.4. The molecule has 55 heavy (non-hydrogen) atoms. The van der Waals surface area contributed by atoms with E-state index in [0.717, 1.165) is 48.7 Å². The summed E-state index contributed by atoms with van der Waals surface area (Å²) < 4.78 is 23.5. The second kappa shape index (κ2) is 18.1. The highest BCUT2D eigenvalue weighted by Gasteiger charge is 2.48. The number of benzene rings is 4. The molecule has 2 fully saturated rings. The molecule has 0 atom stereocenters. The van der Waals surface area contributed by atoms with Gasteiger partial charge in [0.2, 0.25) is 0 Å². The first-order chi connectivity index (χ1) is 26.8. The van der Waals surface area contributed by atoms with E-state index >= 15 is 0 Å². The van der Waals surface area contributed by atoms with Crippen molar-refractivity contribution in [3.8, 4) is 23.0 Å². The van der Waals surface area contributed by atoms with Crippen molar-refractivity contribution in [2.24, 2.45) is 17.3 Å². The van der Waals surface area contributed by atoms with Crippen LogP contribution in [0.1, 0.15) is 87.5 Å². The highest BCUT2D eigenvalue weighted by molar-refractivity contribution is 5.46. The fraction of sp³-hybridized carbons (Fsp3) is 0.373. The van der Waals surface area contributed by atoms with Crippen LogP contribution in [0, 0.1) is 17.3 Å². The fourth-order valence-corrected chi connectivity index (χ4v) is 9.63. The molecule has 0 amide bonds. The van der Waals surface area contributed by atoms with Crippen molar-refractivity contribution in [2.75, 3.05) is 26.4 Å². The largest absolute Gasteiger partial charge is 0.490 e. The maximum atomic E-state index is 5.87. The van der Waals surface area contributed by atoms with E-state index < -0.39 is 0 Å². The molecular formula is C51H60O4. The van der Waals surface area contributed by atoms with Gasteiger partial charge in [-0.3, -0.25) is 0 Å². The monoisotopic (exact) mass is 736 g/mol. The van der Waals surface area contributed by atoms with Crippen LogP contribution in [-0.4, -0.2) is 26.4 Å². The van der Waals surface area contributed by atoms with Crippen molar-refractivity contribution in [2.45, 2.75) is 76.0 Å². The van der Waals surface area contributed by atoms with Crippen LogP contribution in [0.15, 0.2) is 148 Å². The molecule has 288 valence electrons. The first kappa shape index (κ1) is 39.7. The lowest BCUT2D eigenvalue weighted by Gasteiger charge is -2.51. The minimum Gasteiger partial charge on any atom is -0.490 e. The minimum absolute atomic E-state index is 0.0642. The van der Waals surface area contributed by atoms with Crippen LogP contribution in [0.5, 0.6) is 23.0 Å². The molecule has 4 aromatic carbocycles. The van der Waals surface area contributed by atoms with Crippen molar-refractivity contribution in [1.29, 1.82) is 0 Å². The lowest BCUT2D eigenvalue weighted by atomic mass is 9.53. The van der Waals surface area contributed by atoms with Gasteiger partial charge < -0.3 is 18.9 Å². The van der Waals surface area contributed by atoms with Crippen LogP contribution in [0.25, 0.3) is 0 Å². The van der Waals surface area contributed by atoms with E-state index in [2.05, 4.69) is 137 Å². The average molecular weight is 737 g/mol. The first-order valence-corrected chi connectivity index (χ1v) is 20.1. The van der Waals surface area contributed by atoms with Crippen LogP contribution in [-0.2, 0) is 10.8 Å². The summed E-state index contributed by atoms with van der Waals surface area (Å²) in [5.41, 5.74) is 5.53. The van der Waals surface area contributed by atoms with Crippen LogP contribution in [0.4, 0.5) is 0 Å². The summed E-state index contributed by atoms with van der Waals surface area (Å²) >= 11 is 0. The quantitative estimate of drug-likeness (QED) is 0.0953. The number of hydrogen-bond acceptors (Lipinski definition) is 4. The van der Waals surface area contributed by atoms with E-state index in [4.69, 9.17) is 18.9 Å². The summed E-state index contributed by atoms with van der Waals surface area (Å²) in [4.78, 5) is 0. The third-order valence-corrected chi connectivity index (χ3v) is 12.9. The van der Waals surface area contributed by atoms with Gasteiger partial charge in [-0.1, -0.05) is 113 Å². The zero-order valence-electron chi connectivity index (χ0n) is 33.1. The maximum absolute atomic E-state index is 5.87. The molecule has 4 nitrogen and oxygen atoms in total. The lowest BCUT2D eigenvalue weighted by molar-refractivity contribution is 0.0364.